The van der Waals surface area contributed by atoms with Crippen molar-refractivity contribution in [1.82, 2.24) is 29.9 Å². The number of hydrogen-bond donors (Lipinski definition) is 6. The first-order chi connectivity index (χ1) is 50.7. The number of Topliss-reactive ketones (excluding diaryl/α,β-unsaturated/α-hetero) is 1. The minimum Gasteiger partial charge on any atom is -0.480 e. The van der Waals surface area contributed by atoms with Gasteiger partial charge in [-0.2, -0.15) is 0 Å². The molecule has 4 aromatic rings. The van der Waals surface area contributed by atoms with Crippen LogP contribution in [0.5, 0.6) is 0 Å². The number of aliphatic carboxylic acids is 1. The van der Waals surface area contributed by atoms with E-state index in [1.165, 1.54) is 9.80 Å². The molecule has 2 saturated heterocycles. The molecule has 0 aromatic heterocycles. The van der Waals surface area contributed by atoms with Gasteiger partial charge >= 0.3 is 18.2 Å². The average molecular weight is 1520 g/mol. The highest BCUT2D eigenvalue weighted by Gasteiger charge is 2.62. The first-order valence-electron chi connectivity index (χ1n) is 36.4. The van der Waals surface area contributed by atoms with Gasteiger partial charge in [0.15, 0.2) is 5.78 Å². The maximum Gasteiger partial charge on any atom is 0.407 e. The number of amides is 6. The number of carbonyl (C=O) groups excluding carboxylic acids is 7. The van der Waals surface area contributed by atoms with Gasteiger partial charge in [-0.05, 0) is 126 Å². The number of rotatable bonds is 12. The number of nitrogens with one attached hydrogen (secondary N) is 4. The van der Waals surface area contributed by atoms with Crippen LogP contribution in [0.3, 0.4) is 0 Å². The molecule has 26 nitrogen and oxygen atoms in total. The van der Waals surface area contributed by atoms with Crippen molar-refractivity contribution in [2.45, 2.75) is 185 Å². The largest absolute Gasteiger partial charge is 0.480 e. The fraction of sp³-hybridized carbons (Fsp3) is 0.475. The number of sulfonamides is 2. The molecule has 7 N–H and O–H groups in total. The highest BCUT2D eigenvalue weighted by Crippen LogP contribution is 2.57. The summed E-state index contributed by atoms with van der Waals surface area (Å²) in [5, 5.41) is 23.6. The zero-order chi connectivity index (χ0) is 76.7. The van der Waals surface area contributed by atoms with Crippen LogP contribution in [0, 0.1) is 28.1 Å². The van der Waals surface area contributed by atoms with Crippen molar-refractivity contribution in [2.75, 3.05) is 26.3 Å². The fourth-order valence-corrected chi connectivity index (χ4v) is 17.3. The lowest BCUT2D eigenvalue weighted by atomic mass is 9.85. The third kappa shape index (κ3) is 17.2. The standard InChI is InChI=1S/C40H46N4O8S.C30H33N3O6.C9H14N2O3S.CH4/c1-5-25-21-40(25,37(47)43-53(49,50)27-15-16-27)22-33(45)32-20-26-23-44(32)36(46)35(39(2,3)4)41-38(48)51-18-10-6-7-11-24-14-17-29-28-12-8-9-13-30(28)34(42-52-26)31(29)19-24;1-30(2,3)26-27(34)33-17-19(16-24(33)28(35)36)39-32-25-22-11-7-6-10-20(22)21-13-12-18(15-23(21)25)9-5-4-8-14-38-29(37)31-26;1-2-6-5-9(6,10)8(12)11-15(13,14)7-3-4-7;/h5,7-9,11-14,17,19,25-27,32,35H,1,6,10,15-16,18,20-23H2,2-4H3,(H,41,48)(H,43,47);5-7,9-13,15,19,24,26H,4,8,14,16-17H2,1-3H3,(H,31,37)(H,35,36);2,6-7H,1,3-5,10H2,(H,11,12);1H4/b11-7+,42-34-;9-5+,32-25?;;/t25-,26-,32+,35-,40-;19-,24+,26-;6-,9-;/m111./s1. The Morgan fingerprint density at radius 1 is 0.602 bits per heavy atom. The van der Waals surface area contributed by atoms with Gasteiger partial charge in [0.25, 0.3) is 5.91 Å². The minimum atomic E-state index is -3.85. The second-order valence-electron chi connectivity index (χ2n) is 31.4. The van der Waals surface area contributed by atoms with Gasteiger partial charge in [0.2, 0.25) is 37.8 Å². The predicted octanol–water partition coefficient (Wildman–Crippen LogP) is 9.69. The van der Waals surface area contributed by atoms with Crippen LogP contribution in [0.4, 0.5) is 9.59 Å². The van der Waals surface area contributed by atoms with Crippen molar-refractivity contribution in [2.24, 2.45) is 44.1 Å². The molecule has 0 unspecified atom stereocenters. The molecule has 4 aromatic carbocycles. The zero-order valence-corrected chi connectivity index (χ0v) is 62.6. The van der Waals surface area contributed by atoms with Crippen LogP contribution in [-0.2, 0) is 68.0 Å². The number of oxime groups is 2. The van der Waals surface area contributed by atoms with Gasteiger partial charge in [-0.1, -0.05) is 169 Å². The molecule has 108 heavy (non-hydrogen) atoms. The van der Waals surface area contributed by atoms with Crippen LogP contribution in [0.1, 0.15) is 166 Å². The number of alkyl carbamates (subject to hydrolysis) is 2. The Labute approximate surface area is 630 Å². The SMILES string of the molecule is C.C=C[C@@H]1C[C@]1(CC(=O)[C@@H]1C[C@@H]2CN1C(=O)[C@H](C(C)(C)C)NC(=O)OCCC/C=C/c1ccc3c(c1)/C(=N\O2)c1ccccc1-3)C(=O)NS(=O)(=O)C1CC1.C=C[C@@H]1C[C@]1(N)C(=O)NS(=O)(=O)C1CC1.CC(C)(C)[C@@H]1NC(=O)OCCC/C=C/c2ccc3c(c2)C(=NO[C@@H]2C[C@@H](C(=O)O)N(C2)C1=O)c1ccccc1-3. The molecule has 6 aliphatic carbocycles. The number of carboxylic acid groups (broad SMARTS) is 1. The summed E-state index contributed by atoms with van der Waals surface area (Å²) in [4.78, 5) is 120. The van der Waals surface area contributed by atoms with E-state index in [0.717, 1.165) is 55.6 Å². The molecule has 576 valence electrons. The van der Waals surface area contributed by atoms with E-state index in [9.17, 15) is 60.3 Å². The van der Waals surface area contributed by atoms with E-state index in [2.05, 4.69) is 63.1 Å². The third-order valence-corrected chi connectivity index (χ3v) is 24.9. The Bertz CT molecular complexity index is 4630. The number of cyclic esters (lactones) is 2. The lowest BCUT2D eigenvalue weighted by molar-refractivity contribution is -0.150. The number of benzene rings is 4. The van der Waals surface area contributed by atoms with Crippen molar-refractivity contribution >= 4 is 91.2 Å². The van der Waals surface area contributed by atoms with Crippen LogP contribution in [-0.4, -0.2) is 169 Å². The number of ketones is 1. The van der Waals surface area contributed by atoms with E-state index < -0.39 is 142 Å². The van der Waals surface area contributed by atoms with Gasteiger partial charge in [-0.25, -0.2) is 31.2 Å². The van der Waals surface area contributed by atoms with Gasteiger partial charge in [0.05, 0.1) is 48.3 Å². The minimum absolute atomic E-state index is 0. The van der Waals surface area contributed by atoms with E-state index in [0.29, 0.717) is 69.2 Å². The topological polar surface area (TPSA) is 367 Å². The van der Waals surface area contributed by atoms with Crippen LogP contribution in [0.25, 0.3) is 34.4 Å². The number of nitrogens with two attached hydrogens (primary N) is 1. The Kier molecular flexibility index (Phi) is 23.1. The summed E-state index contributed by atoms with van der Waals surface area (Å²) in [5.74, 6) is -4.37. The van der Waals surface area contributed by atoms with Crippen molar-refractivity contribution in [3.63, 3.8) is 0 Å². The number of allylic oxidation sites excluding steroid dienone is 3. The third-order valence-electron chi connectivity index (χ3n) is 21.3. The van der Waals surface area contributed by atoms with Crippen LogP contribution in [0.2, 0.25) is 0 Å². The van der Waals surface area contributed by atoms with E-state index in [1.54, 1.807) is 12.2 Å². The molecule has 28 heteroatoms. The maximum atomic E-state index is 14.5. The highest BCUT2D eigenvalue weighted by molar-refractivity contribution is 7.91. The second-order valence-corrected chi connectivity index (χ2v) is 35.3. The lowest BCUT2D eigenvalue weighted by Gasteiger charge is -2.35. The summed E-state index contributed by atoms with van der Waals surface area (Å²) in [6, 6.07) is 24.0. The molecule has 4 saturated carbocycles. The van der Waals surface area contributed by atoms with Gasteiger partial charge < -0.3 is 50.4 Å². The highest BCUT2D eigenvalue weighted by atomic mass is 32.2. The smallest absolute Gasteiger partial charge is 0.407 e. The van der Waals surface area contributed by atoms with Crippen molar-refractivity contribution in [1.29, 1.82) is 0 Å². The second kappa shape index (κ2) is 31.4. The Morgan fingerprint density at radius 3 is 1.43 bits per heavy atom. The molecule has 10 atom stereocenters. The number of nitrogens with zero attached hydrogens (tertiary/aromatic N) is 4. The molecule has 4 heterocycles. The molecule has 6 fully saturated rings. The van der Waals surface area contributed by atoms with E-state index in [-0.39, 0.29) is 65.3 Å². The summed E-state index contributed by atoms with van der Waals surface area (Å²) in [6.45, 7) is 18.6. The summed E-state index contributed by atoms with van der Waals surface area (Å²) in [6.07, 6.45) is 13.8. The summed E-state index contributed by atoms with van der Waals surface area (Å²) < 4.78 is 63.4. The first kappa shape index (κ1) is 79.2. The van der Waals surface area contributed by atoms with Gasteiger partial charge in [-0.15, -0.1) is 13.2 Å². The van der Waals surface area contributed by atoms with Gasteiger partial charge in [0, 0.05) is 47.4 Å². The van der Waals surface area contributed by atoms with Gasteiger partial charge in [0.1, 0.15) is 47.3 Å². The van der Waals surface area contributed by atoms with Gasteiger partial charge in [-0.3, -0.25) is 33.4 Å². The van der Waals surface area contributed by atoms with Crippen LogP contribution >= 0.6 is 0 Å². The number of fused-ring (bicyclic) bond motifs is 12. The predicted molar refractivity (Wildman–Crippen MR) is 407 cm³/mol. The lowest BCUT2D eigenvalue weighted by Crippen LogP contribution is -2.57. The Morgan fingerprint density at radius 2 is 1.02 bits per heavy atom. The van der Waals surface area contributed by atoms with Crippen molar-refractivity contribution in [3.05, 3.63) is 156 Å². The number of hydrogen-bond acceptors (Lipinski definition) is 19. The van der Waals surface area contributed by atoms with Crippen LogP contribution < -0.4 is 25.8 Å². The average Bonchev–Trinajstić information content (AvgIpc) is 1.54. The van der Waals surface area contributed by atoms with Crippen molar-refractivity contribution < 1.29 is 79.4 Å². The first-order valence-corrected chi connectivity index (χ1v) is 39.5. The molecule has 6 amide bonds. The number of carbonyl (C=O) groups is 8. The molecule has 10 aliphatic rings. The number of carboxylic acids is 1. The van der Waals surface area contributed by atoms with E-state index in [4.69, 9.17) is 24.9 Å². The summed E-state index contributed by atoms with van der Waals surface area (Å²) >= 11 is 0. The normalized spacial score (nSPS) is 27.7. The van der Waals surface area contributed by atoms with E-state index in [1.807, 2.05) is 131 Å². The molecular weight excluding hydrogens is 1420 g/mol. The van der Waals surface area contributed by atoms with Crippen LogP contribution in [0.15, 0.2) is 133 Å². The summed E-state index contributed by atoms with van der Waals surface area (Å²) in [5.41, 5.74) is 13.0. The monoisotopic (exact) mass is 1520 g/mol. The summed E-state index contributed by atoms with van der Waals surface area (Å²) in [7, 11) is -7.33. The molecule has 14 rings (SSSR count). The molecular formula is C80H97N9O17S2. The molecule has 0 spiro atoms. The quantitative estimate of drug-likeness (QED) is 0.0620. The van der Waals surface area contributed by atoms with Crippen molar-refractivity contribution in [3.8, 4) is 22.3 Å². The molecule has 8 bridgehead atoms. The molecule has 4 aliphatic heterocycles. The fourth-order valence-electron chi connectivity index (χ4n) is 14.5. The molecule has 0 radical (unpaired) electrons. The van der Waals surface area contributed by atoms with E-state index >= 15 is 0 Å². The Balaban J connectivity index is 0.000000184. The zero-order valence-electron chi connectivity index (χ0n) is 60.9. The number of ether oxygens (including phenoxy) is 2. The Hall–Kier alpha value is -9.80. The maximum absolute atomic E-state index is 14.5.